The highest BCUT2D eigenvalue weighted by Gasteiger charge is 2.31. The van der Waals surface area contributed by atoms with E-state index in [-0.39, 0.29) is 17.1 Å². The molecule has 0 atom stereocenters. The Kier molecular flexibility index (Phi) is 5.59. The Morgan fingerprint density at radius 1 is 1.19 bits per heavy atom. The Morgan fingerprint density at radius 3 is 2.56 bits per heavy atom. The van der Waals surface area contributed by atoms with Crippen molar-refractivity contribution in [1.82, 2.24) is 4.98 Å². The molecule has 0 bridgehead atoms. The van der Waals surface area contributed by atoms with E-state index < -0.39 is 17.6 Å². The summed E-state index contributed by atoms with van der Waals surface area (Å²) >= 11 is 4.25. The van der Waals surface area contributed by atoms with Crippen LogP contribution in [0.15, 0.2) is 39.5 Å². The summed E-state index contributed by atoms with van der Waals surface area (Å²) in [5.74, 6) is -0.698. The summed E-state index contributed by atoms with van der Waals surface area (Å²) in [6.07, 6.45) is -2.69. The number of thiazole rings is 1. The van der Waals surface area contributed by atoms with E-state index in [1.807, 2.05) is 18.4 Å². The zero-order chi connectivity index (χ0) is 19.8. The highest BCUT2D eigenvalue weighted by molar-refractivity contribution is 8.00. The zero-order valence-corrected chi connectivity index (χ0v) is 16.5. The van der Waals surface area contributed by atoms with Gasteiger partial charge in [-0.15, -0.1) is 23.1 Å². The smallest absolute Gasteiger partial charge is 0.382 e. The molecule has 142 valence electrons. The molecule has 0 aliphatic heterocycles. The van der Waals surface area contributed by atoms with Gasteiger partial charge in [-0.25, -0.2) is 14.4 Å². The number of aliphatic imine (C=N–C) groups is 1. The van der Waals surface area contributed by atoms with E-state index in [2.05, 4.69) is 9.98 Å². The number of benzene rings is 1. The molecule has 0 radical (unpaired) electrons. The lowest BCUT2D eigenvalue weighted by atomic mass is 10.1. The lowest BCUT2D eigenvalue weighted by Gasteiger charge is -2.08. The average molecular weight is 432 g/mol. The van der Waals surface area contributed by atoms with Crippen molar-refractivity contribution in [2.75, 3.05) is 6.26 Å². The fraction of sp³-hybridized carbons (Fsp3) is 0.176. The van der Waals surface area contributed by atoms with Gasteiger partial charge in [-0.3, -0.25) is 0 Å². The van der Waals surface area contributed by atoms with E-state index in [1.165, 1.54) is 22.7 Å². The minimum Gasteiger partial charge on any atom is -0.382 e. The van der Waals surface area contributed by atoms with Crippen molar-refractivity contribution in [2.45, 2.75) is 17.3 Å². The molecule has 10 heteroatoms. The number of hydrogen-bond donors (Lipinski definition) is 1. The Morgan fingerprint density at radius 2 is 1.93 bits per heavy atom. The topological polar surface area (TPSA) is 51.3 Å². The Labute approximate surface area is 165 Å². The first-order chi connectivity index (χ1) is 12.7. The fourth-order valence-corrected chi connectivity index (χ4v) is 4.57. The van der Waals surface area contributed by atoms with Crippen molar-refractivity contribution >= 4 is 45.4 Å². The van der Waals surface area contributed by atoms with Crippen LogP contribution in [0.3, 0.4) is 0 Å². The van der Waals surface area contributed by atoms with E-state index in [1.54, 1.807) is 18.7 Å². The molecule has 0 saturated carbocycles. The maximum absolute atomic E-state index is 13.7. The number of hydrogen-bond acceptors (Lipinski definition) is 5. The number of amidine groups is 1. The molecule has 2 N–H and O–H groups in total. The lowest BCUT2D eigenvalue weighted by molar-refractivity contribution is -0.137. The molecule has 0 aliphatic rings. The monoisotopic (exact) mass is 431 g/mol. The maximum atomic E-state index is 13.7. The van der Waals surface area contributed by atoms with Crippen LogP contribution in [-0.4, -0.2) is 17.1 Å². The van der Waals surface area contributed by atoms with Crippen molar-refractivity contribution in [2.24, 2.45) is 10.7 Å². The van der Waals surface area contributed by atoms with Crippen LogP contribution < -0.4 is 5.73 Å². The van der Waals surface area contributed by atoms with Gasteiger partial charge in [-0.2, -0.15) is 13.2 Å². The Balaban J connectivity index is 1.97. The number of rotatable bonds is 4. The van der Waals surface area contributed by atoms with Gasteiger partial charge < -0.3 is 5.73 Å². The zero-order valence-electron chi connectivity index (χ0n) is 14.1. The molecule has 0 amide bonds. The van der Waals surface area contributed by atoms with Crippen molar-refractivity contribution in [3.8, 4) is 11.3 Å². The standard InChI is InChI=1S/C17H13F4N3S3/c1-8-14(9-5-10(17(19,20)21)7-11(18)6-9)23-16(26-8)24-15(22)12-3-4-13(25-2)27-12/h3-7H,1-2H3,(H2,22,23,24). The summed E-state index contributed by atoms with van der Waals surface area (Å²) in [6.45, 7) is 1.69. The molecule has 3 aromatic rings. The van der Waals surface area contributed by atoms with Crippen LogP contribution in [0, 0.1) is 12.7 Å². The number of thioether (sulfide) groups is 1. The molecule has 0 fully saturated rings. The molecule has 27 heavy (non-hydrogen) atoms. The van der Waals surface area contributed by atoms with Crippen LogP contribution in [-0.2, 0) is 6.18 Å². The first-order valence-corrected chi connectivity index (χ1v) is 10.4. The van der Waals surface area contributed by atoms with E-state index in [0.29, 0.717) is 16.1 Å². The number of aromatic nitrogens is 1. The van der Waals surface area contributed by atoms with Gasteiger partial charge in [0.1, 0.15) is 11.7 Å². The van der Waals surface area contributed by atoms with Crippen LogP contribution in [0.1, 0.15) is 15.3 Å². The molecule has 3 nitrogen and oxygen atoms in total. The van der Waals surface area contributed by atoms with E-state index in [4.69, 9.17) is 5.73 Å². The van der Waals surface area contributed by atoms with E-state index in [0.717, 1.165) is 21.2 Å². The number of thiophene rings is 1. The highest BCUT2D eigenvalue weighted by Crippen LogP contribution is 2.37. The minimum atomic E-state index is -4.64. The third-order valence-corrected chi connectivity index (χ3v) is 6.59. The van der Waals surface area contributed by atoms with Crippen molar-refractivity contribution in [3.05, 3.63) is 51.5 Å². The molecule has 3 rings (SSSR count). The summed E-state index contributed by atoms with van der Waals surface area (Å²) in [5.41, 5.74) is 5.26. The van der Waals surface area contributed by atoms with Crippen molar-refractivity contribution in [3.63, 3.8) is 0 Å². The minimum absolute atomic E-state index is 0.0527. The number of nitrogens with two attached hydrogens (primary N) is 1. The van der Waals surface area contributed by atoms with Crippen LogP contribution >= 0.6 is 34.4 Å². The second-order valence-electron chi connectivity index (χ2n) is 5.45. The molecule has 0 spiro atoms. The highest BCUT2D eigenvalue weighted by atomic mass is 32.2. The third kappa shape index (κ3) is 4.50. The third-order valence-electron chi connectivity index (χ3n) is 3.53. The number of alkyl halides is 3. The molecule has 1 aromatic carbocycles. The molecule has 0 saturated heterocycles. The largest absolute Gasteiger partial charge is 0.416 e. The second kappa shape index (κ2) is 7.61. The van der Waals surface area contributed by atoms with Crippen LogP contribution in [0.5, 0.6) is 0 Å². The molecule has 0 aliphatic carbocycles. The fourth-order valence-electron chi connectivity index (χ4n) is 2.31. The average Bonchev–Trinajstić information content (AvgIpc) is 3.20. The van der Waals surface area contributed by atoms with Crippen molar-refractivity contribution in [1.29, 1.82) is 0 Å². The summed E-state index contributed by atoms with van der Waals surface area (Å²) in [7, 11) is 0. The van der Waals surface area contributed by atoms with Gasteiger partial charge in [-0.1, -0.05) is 11.3 Å². The summed E-state index contributed by atoms with van der Waals surface area (Å²) in [6, 6.07) is 6.14. The van der Waals surface area contributed by atoms with Gasteiger partial charge >= 0.3 is 6.18 Å². The first kappa shape index (κ1) is 19.8. The van der Waals surface area contributed by atoms with Gasteiger partial charge in [0.15, 0.2) is 0 Å². The Bertz CT molecular complexity index is 1010. The quantitative estimate of drug-likeness (QED) is 0.235. The van der Waals surface area contributed by atoms with Crippen LogP contribution in [0.25, 0.3) is 11.3 Å². The number of halogens is 4. The number of nitrogens with zero attached hydrogens (tertiary/aromatic N) is 2. The molecule has 2 heterocycles. The lowest BCUT2D eigenvalue weighted by Crippen LogP contribution is -2.10. The van der Waals surface area contributed by atoms with Gasteiger partial charge in [-0.05, 0) is 43.5 Å². The molecule has 2 aromatic heterocycles. The predicted molar refractivity (Wildman–Crippen MR) is 104 cm³/mol. The summed E-state index contributed by atoms with van der Waals surface area (Å²) in [4.78, 5) is 9.92. The van der Waals surface area contributed by atoms with Crippen LogP contribution in [0.2, 0.25) is 0 Å². The molecular formula is C17H13F4N3S3. The van der Waals surface area contributed by atoms with Gasteiger partial charge in [0.25, 0.3) is 0 Å². The first-order valence-electron chi connectivity index (χ1n) is 7.51. The van der Waals surface area contributed by atoms with E-state index in [9.17, 15) is 17.6 Å². The SMILES string of the molecule is CSc1ccc(C(N)=Nc2nc(-c3cc(F)cc(C(F)(F)F)c3)c(C)s2)s1. The van der Waals surface area contributed by atoms with Gasteiger partial charge in [0.05, 0.1) is 20.3 Å². The predicted octanol–water partition coefficient (Wildman–Crippen LogP) is 6.10. The number of aryl methyl sites for hydroxylation is 1. The Hall–Kier alpha value is -1.91. The maximum Gasteiger partial charge on any atom is 0.416 e. The summed E-state index contributed by atoms with van der Waals surface area (Å²) in [5, 5.41) is 0.303. The van der Waals surface area contributed by atoms with Gasteiger partial charge in [0, 0.05) is 10.4 Å². The summed E-state index contributed by atoms with van der Waals surface area (Å²) < 4.78 is 53.6. The van der Waals surface area contributed by atoms with Crippen molar-refractivity contribution < 1.29 is 17.6 Å². The van der Waals surface area contributed by atoms with Crippen LogP contribution in [0.4, 0.5) is 22.7 Å². The second-order valence-corrected chi connectivity index (χ2v) is 8.82. The normalized spacial score (nSPS) is 12.6. The molecule has 0 unspecified atom stereocenters. The van der Waals surface area contributed by atoms with E-state index >= 15 is 0 Å². The molecular weight excluding hydrogens is 418 g/mol. The van der Waals surface area contributed by atoms with Gasteiger partial charge in [0.2, 0.25) is 5.13 Å².